The Hall–Kier alpha value is -2.19. The summed E-state index contributed by atoms with van der Waals surface area (Å²) < 4.78 is 8.31. The van der Waals surface area contributed by atoms with Crippen LogP contribution in [-0.4, -0.2) is 0 Å². The fourth-order valence-corrected chi connectivity index (χ4v) is 3.52. The van der Waals surface area contributed by atoms with Crippen LogP contribution in [0.5, 0.6) is 0 Å². The van der Waals surface area contributed by atoms with Gasteiger partial charge in [-0.2, -0.15) is 0 Å². The SMILES string of the molecule is [2H]c1cccc2c1N(c1ccccc1)c1ccccc1S2. The van der Waals surface area contributed by atoms with E-state index in [2.05, 4.69) is 41.3 Å². The lowest BCUT2D eigenvalue weighted by molar-refractivity contribution is 1.17. The number of anilines is 3. The lowest BCUT2D eigenvalue weighted by Crippen LogP contribution is -2.14. The van der Waals surface area contributed by atoms with Gasteiger partial charge < -0.3 is 4.90 Å². The van der Waals surface area contributed by atoms with Gasteiger partial charge in [-0.25, -0.2) is 0 Å². The van der Waals surface area contributed by atoms with Gasteiger partial charge in [0.15, 0.2) is 0 Å². The maximum absolute atomic E-state index is 8.31. The summed E-state index contributed by atoms with van der Waals surface area (Å²) in [7, 11) is 0. The molecule has 0 fully saturated rings. The molecule has 1 aliphatic heterocycles. The van der Waals surface area contributed by atoms with Crippen LogP contribution in [0.1, 0.15) is 1.37 Å². The van der Waals surface area contributed by atoms with Gasteiger partial charge in [-0.1, -0.05) is 54.2 Å². The van der Waals surface area contributed by atoms with E-state index in [1.165, 1.54) is 4.90 Å². The molecule has 3 aromatic carbocycles. The molecule has 0 amide bonds. The minimum absolute atomic E-state index is 0.554. The predicted octanol–water partition coefficient (Wildman–Crippen LogP) is 5.62. The first-order chi connectivity index (χ1) is 10.3. The Kier molecular flexibility index (Phi) is 2.50. The highest BCUT2D eigenvalue weighted by Gasteiger charge is 2.23. The largest absolute Gasteiger partial charge is 0.308 e. The molecule has 4 rings (SSSR count). The standard InChI is InChI=1S/C18H13NS/c1-2-8-14(9-3-1)19-15-10-4-6-12-17(15)20-18-13-7-5-11-16(18)19/h1-13H/i10D. The van der Waals surface area contributed by atoms with Crippen LogP contribution in [0.15, 0.2) is 88.6 Å². The van der Waals surface area contributed by atoms with E-state index >= 15 is 0 Å². The van der Waals surface area contributed by atoms with Crippen molar-refractivity contribution in [2.75, 3.05) is 4.90 Å². The Morgan fingerprint density at radius 1 is 0.700 bits per heavy atom. The van der Waals surface area contributed by atoms with Gasteiger partial charge in [0.2, 0.25) is 0 Å². The number of nitrogens with zero attached hydrogens (tertiary/aromatic N) is 1. The van der Waals surface area contributed by atoms with Crippen molar-refractivity contribution in [3.8, 4) is 0 Å². The molecule has 0 spiro atoms. The van der Waals surface area contributed by atoms with Gasteiger partial charge in [0, 0.05) is 15.5 Å². The van der Waals surface area contributed by atoms with Crippen molar-refractivity contribution in [1.29, 1.82) is 0 Å². The third-order valence-corrected chi connectivity index (χ3v) is 4.48. The third-order valence-electron chi connectivity index (χ3n) is 3.36. The van der Waals surface area contributed by atoms with Crippen molar-refractivity contribution in [3.63, 3.8) is 0 Å². The average Bonchev–Trinajstić information content (AvgIpc) is 2.54. The monoisotopic (exact) mass is 276 g/mol. The molecule has 96 valence electrons. The molecule has 0 unspecified atom stereocenters. The lowest BCUT2D eigenvalue weighted by atomic mass is 10.2. The fourth-order valence-electron chi connectivity index (χ4n) is 2.48. The van der Waals surface area contributed by atoms with Gasteiger partial charge in [0.05, 0.1) is 12.7 Å². The average molecular weight is 276 g/mol. The molecule has 0 aliphatic carbocycles. The van der Waals surface area contributed by atoms with Crippen LogP contribution in [0, 0.1) is 0 Å². The van der Waals surface area contributed by atoms with Crippen molar-refractivity contribution < 1.29 is 1.37 Å². The summed E-state index contributed by atoms with van der Waals surface area (Å²) in [5.74, 6) is 0. The topological polar surface area (TPSA) is 3.24 Å². The summed E-state index contributed by atoms with van der Waals surface area (Å²) in [6, 6.07) is 25.1. The molecule has 3 aromatic rings. The highest BCUT2D eigenvalue weighted by molar-refractivity contribution is 7.99. The fraction of sp³-hybridized carbons (Fsp3) is 0. The predicted molar refractivity (Wildman–Crippen MR) is 85.2 cm³/mol. The molecule has 1 heterocycles. The minimum Gasteiger partial charge on any atom is -0.308 e. The molecule has 1 nitrogen and oxygen atoms in total. The van der Waals surface area contributed by atoms with Crippen LogP contribution in [0.25, 0.3) is 0 Å². The van der Waals surface area contributed by atoms with E-state index in [-0.39, 0.29) is 0 Å². The highest BCUT2D eigenvalue weighted by Crippen LogP contribution is 2.50. The van der Waals surface area contributed by atoms with Crippen LogP contribution in [0.3, 0.4) is 0 Å². The Morgan fingerprint density at radius 2 is 1.35 bits per heavy atom. The van der Waals surface area contributed by atoms with Gasteiger partial charge in [0.25, 0.3) is 0 Å². The van der Waals surface area contributed by atoms with E-state index in [1.54, 1.807) is 11.8 Å². The zero-order valence-electron chi connectivity index (χ0n) is 11.8. The summed E-state index contributed by atoms with van der Waals surface area (Å²) in [6.07, 6.45) is 0. The van der Waals surface area contributed by atoms with Gasteiger partial charge in [0.1, 0.15) is 0 Å². The second-order valence-corrected chi connectivity index (χ2v) is 5.71. The van der Waals surface area contributed by atoms with Crippen LogP contribution in [-0.2, 0) is 0 Å². The molecule has 20 heavy (non-hydrogen) atoms. The van der Waals surface area contributed by atoms with E-state index in [0.29, 0.717) is 6.04 Å². The Morgan fingerprint density at radius 3 is 2.20 bits per heavy atom. The molecule has 0 radical (unpaired) electrons. The second kappa shape index (κ2) is 4.73. The molecule has 1 aliphatic rings. The van der Waals surface area contributed by atoms with Crippen LogP contribution in [0.2, 0.25) is 0 Å². The number of hydrogen-bond acceptors (Lipinski definition) is 2. The first-order valence-corrected chi connectivity index (χ1v) is 7.38. The number of hydrogen-bond donors (Lipinski definition) is 0. The van der Waals surface area contributed by atoms with Gasteiger partial charge in [-0.3, -0.25) is 0 Å². The maximum atomic E-state index is 8.31. The Bertz CT molecular complexity index is 801. The van der Waals surface area contributed by atoms with Gasteiger partial charge in [-0.05, 0) is 36.4 Å². The van der Waals surface area contributed by atoms with Crippen LogP contribution in [0.4, 0.5) is 17.1 Å². The minimum atomic E-state index is 0.554. The summed E-state index contributed by atoms with van der Waals surface area (Å²) in [5, 5.41) is 0. The molecule has 0 atom stereocenters. The molecule has 0 saturated carbocycles. The number of benzene rings is 3. The highest BCUT2D eigenvalue weighted by atomic mass is 32.2. The molecule has 0 N–H and O–H groups in total. The van der Waals surface area contributed by atoms with Crippen LogP contribution >= 0.6 is 11.8 Å². The Labute approximate surface area is 124 Å². The van der Waals surface area contributed by atoms with Crippen molar-refractivity contribution in [3.05, 3.63) is 78.8 Å². The number of rotatable bonds is 1. The van der Waals surface area contributed by atoms with Crippen LogP contribution < -0.4 is 4.90 Å². The Balaban J connectivity index is 2.01. The summed E-state index contributed by atoms with van der Waals surface area (Å²) >= 11 is 1.73. The maximum Gasteiger partial charge on any atom is 0.0645 e. The van der Waals surface area contributed by atoms with E-state index in [1.807, 2.05) is 36.4 Å². The quantitative estimate of drug-likeness (QED) is 0.444. The van der Waals surface area contributed by atoms with E-state index in [0.717, 1.165) is 22.0 Å². The first-order valence-electron chi connectivity index (χ1n) is 7.06. The van der Waals surface area contributed by atoms with E-state index in [9.17, 15) is 0 Å². The van der Waals surface area contributed by atoms with Crippen molar-refractivity contribution in [1.82, 2.24) is 0 Å². The zero-order valence-corrected chi connectivity index (χ0v) is 11.6. The van der Waals surface area contributed by atoms with Crippen molar-refractivity contribution in [2.45, 2.75) is 9.79 Å². The van der Waals surface area contributed by atoms with Gasteiger partial charge >= 0.3 is 0 Å². The molecule has 0 aromatic heterocycles. The molecular weight excluding hydrogens is 262 g/mol. The second-order valence-electron chi connectivity index (χ2n) is 4.62. The summed E-state index contributed by atoms with van der Waals surface area (Å²) in [5.41, 5.74) is 3.19. The summed E-state index contributed by atoms with van der Waals surface area (Å²) in [6.45, 7) is 0. The zero-order chi connectivity index (χ0) is 14.2. The van der Waals surface area contributed by atoms with Gasteiger partial charge in [-0.15, -0.1) is 0 Å². The van der Waals surface area contributed by atoms with Crippen molar-refractivity contribution >= 4 is 28.8 Å². The molecule has 0 bridgehead atoms. The number of fused-ring (bicyclic) bond motifs is 2. The van der Waals surface area contributed by atoms with E-state index < -0.39 is 0 Å². The molecular formula is C18H13NS. The third kappa shape index (κ3) is 1.81. The van der Waals surface area contributed by atoms with Crippen molar-refractivity contribution in [2.24, 2.45) is 0 Å². The summed E-state index contributed by atoms with van der Waals surface area (Å²) in [4.78, 5) is 4.54. The number of para-hydroxylation sites is 3. The molecule has 2 heteroatoms. The lowest BCUT2D eigenvalue weighted by Gasteiger charge is -2.32. The molecule has 0 saturated heterocycles. The normalized spacial score (nSPS) is 13.4. The first kappa shape index (κ1) is 10.6. The van der Waals surface area contributed by atoms with E-state index in [4.69, 9.17) is 1.37 Å². The smallest absolute Gasteiger partial charge is 0.0645 e.